The van der Waals surface area contributed by atoms with Gasteiger partial charge in [-0.25, -0.2) is 4.98 Å². The summed E-state index contributed by atoms with van der Waals surface area (Å²) < 4.78 is 0. The molecule has 4 rings (SSSR count). The Balaban J connectivity index is 1.41. The number of halogens is 1. The quantitative estimate of drug-likeness (QED) is 0.713. The predicted octanol–water partition coefficient (Wildman–Crippen LogP) is 4.44. The number of anilines is 3. The minimum absolute atomic E-state index is 0.0317. The van der Waals surface area contributed by atoms with Crippen molar-refractivity contribution in [3.63, 3.8) is 0 Å². The number of nitrogens with zero attached hydrogens (tertiary/aromatic N) is 3. The van der Waals surface area contributed by atoms with E-state index in [0.29, 0.717) is 24.5 Å². The predicted molar refractivity (Wildman–Crippen MR) is 114 cm³/mol. The number of carbonyl (C=O) groups excluding carboxylic acids is 1. The molecule has 1 aromatic heterocycles. The molecule has 0 unspecified atom stereocenters. The first-order valence-electron chi connectivity index (χ1n) is 9.27. The van der Waals surface area contributed by atoms with Crippen LogP contribution in [0.5, 0.6) is 0 Å². The molecular weight excluding hydrogens is 372 g/mol. The van der Waals surface area contributed by atoms with E-state index in [9.17, 15) is 4.79 Å². The number of amides is 1. The van der Waals surface area contributed by atoms with Gasteiger partial charge in [-0.2, -0.15) is 0 Å². The molecule has 2 aromatic carbocycles. The summed E-state index contributed by atoms with van der Waals surface area (Å²) in [6.45, 7) is 2.92. The minimum atomic E-state index is 0.0317. The van der Waals surface area contributed by atoms with Crippen LogP contribution in [0.3, 0.4) is 0 Å². The van der Waals surface area contributed by atoms with Crippen molar-refractivity contribution in [3.05, 3.63) is 83.5 Å². The van der Waals surface area contributed by atoms with Gasteiger partial charge >= 0.3 is 0 Å². The van der Waals surface area contributed by atoms with Crippen molar-refractivity contribution in [3.8, 4) is 0 Å². The van der Waals surface area contributed by atoms with Crippen LogP contribution >= 0.6 is 11.6 Å². The largest absolute Gasteiger partial charge is 0.368 e. The number of para-hydroxylation sites is 1. The molecule has 1 N–H and O–H groups in total. The number of aromatic nitrogens is 1. The molecule has 1 fully saturated rings. The molecule has 1 saturated heterocycles. The number of piperazine rings is 1. The second-order valence-corrected chi connectivity index (χ2v) is 7.12. The van der Waals surface area contributed by atoms with Crippen LogP contribution in [0.15, 0.2) is 72.9 Å². The molecule has 2 heterocycles. The van der Waals surface area contributed by atoms with E-state index in [4.69, 9.17) is 11.6 Å². The molecule has 1 aliphatic heterocycles. The Morgan fingerprint density at radius 3 is 2.46 bits per heavy atom. The lowest BCUT2D eigenvalue weighted by Gasteiger charge is -2.36. The topological polar surface area (TPSA) is 48.5 Å². The van der Waals surface area contributed by atoms with E-state index in [-0.39, 0.29) is 5.91 Å². The van der Waals surface area contributed by atoms with E-state index >= 15 is 0 Å². The zero-order valence-electron chi connectivity index (χ0n) is 15.4. The van der Waals surface area contributed by atoms with Crippen LogP contribution in [-0.2, 0) is 0 Å². The monoisotopic (exact) mass is 392 g/mol. The van der Waals surface area contributed by atoms with Gasteiger partial charge in [0.25, 0.3) is 5.91 Å². The second kappa shape index (κ2) is 8.31. The third kappa shape index (κ3) is 4.26. The molecule has 0 spiro atoms. The molecule has 0 radical (unpaired) electrons. The molecule has 142 valence electrons. The van der Waals surface area contributed by atoms with E-state index in [2.05, 4.69) is 15.2 Å². The summed E-state index contributed by atoms with van der Waals surface area (Å²) in [6, 6.07) is 21.2. The van der Waals surface area contributed by atoms with Crippen LogP contribution in [0.4, 0.5) is 17.2 Å². The van der Waals surface area contributed by atoms with Crippen molar-refractivity contribution in [2.45, 2.75) is 0 Å². The number of rotatable bonds is 4. The summed E-state index contributed by atoms with van der Waals surface area (Å²) >= 11 is 6.09. The van der Waals surface area contributed by atoms with E-state index in [0.717, 1.165) is 29.5 Å². The third-order valence-corrected chi connectivity index (χ3v) is 5.03. The lowest BCUT2D eigenvalue weighted by atomic mass is 10.2. The van der Waals surface area contributed by atoms with Gasteiger partial charge in [0.15, 0.2) is 0 Å². The SMILES string of the molecule is O=C(c1ccnc(Nc2ccccc2)c1)N1CCN(c2cccc(Cl)c2)CC1. The van der Waals surface area contributed by atoms with Crippen LogP contribution in [-0.4, -0.2) is 42.0 Å². The standard InChI is InChI=1S/C22H21ClN4O/c23-18-5-4-8-20(16-18)26-11-13-27(14-12-26)22(28)17-9-10-24-21(15-17)25-19-6-2-1-3-7-19/h1-10,15-16H,11-14H2,(H,24,25). The summed E-state index contributed by atoms with van der Waals surface area (Å²) in [6.07, 6.45) is 1.67. The number of benzene rings is 2. The maximum atomic E-state index is 12.9. The maximum Gasteiger partial charge on any atom is 0.254 e. The highest BCUT2D eigenvalue weighted by molar-refractivity contribution is 6.30. The van der Waals surface area contributed by atoms with Crippen molar-refractivity contribution in [1.29, 1.82) is 0 Å². The fraction of sp³-hybridized carbons (Fsp3) is 0.182. The molecule has 5 nitrogen and oxygen atoms in total. The zero-order valence-corrected chi connectivity index (χ0v) is 16.1. The van der Waals surface area contributed by atoms with Gasteiger partial charge in [0.05, 0.1) is 0 Å². The number of hydrogen-bond acceptors (Lipinski definition) is 4. The van der Waals surface area contributed by atoms with E-state index < -0.39 is 0 Å². The molecule has 0 aliphatic carbocycles. The van der Waals surface area contributed by atoms with Gasteiger partial charge < -0.3 is 15.1 Å². The Labute approximate surface area is 169 Å². The Hall–Kier alpha value is -3.05. The fourth-order valence-electron chi connectivity index (χ4n) is 3.32. The summed E-state index contributed by atoms with van der Waals surface area (Å²) in [7, 11) is 0. The van der Waals surface area contributed by atoms with Gasteiger partial charge in [0, 0.05) is 54.3 Å². The summed E-state index contributed by atoms with van der Waals surface area (Å²) in [5.74, 6) is 0.693. The summed E-state index contributed by atoms with van der Waals surface area (Å²) in [4.78, 5) is 21.4. The Bertz CT molecular complexity index is 956. The van der Waals surface area contributed by atoms with Gasteiger partial charge in [-0.05, 0) is 42.5 Å². The molecule has 28 heavy (non-hydrogen) atoms. The molecule has 6 heteroatoms. The first kappa shape index (κ1) is 18.3. The van der Waals surface area contributed by atoms with E-state index in [1.807, 2.05) is 59.5 Å². The van der Waals surface area contributed by atoms with Gasteiger partial charge in [0.2, 0.25) is 0 Å². The van der Waals surface area contributed by atoms with Crippen LogP contribution < -0.4 is 10.2 Å². The van der Waals surface area contributed by atoms with Gasteiger partial charge in [0.1, 0.15) is 5.82 Å². The number of hydrogen-bond donors (Lipinski definition) is 1. The van der Waals surface area contributed by atoms with Gasteiger partial charge in [-0.3, -0.25) is 4.79 Å². The van der Waals surface area contributed by atoms with Crippen molar-refractivity contribution in [2.75, 3.05) is 36.4 Å². The highest BCUT2D eigenvalue weighted by Crippen LogP contribution is 2.22. The average Bonchev–Trinajstić information content (AvgIpc) is 2.74. The summed E-state index contributed by atoms with van der Waals surface area (Å²) in [5.41, 5.74) is 2.68. The molecule has 3 aromatic rings. The van der Waals surface area contributed by atoms with Crippen LogP contribution in [0.2, 0.25) is 5.02 Å². The Morgan fingerprint density at radius 1 is 0.929 bits per heavy atom. The number of pyridine rings is 1. The average molecular weight is 393 g/mol. The minimum Gasteiger partial charge on any atom is -0.368 e. The lowest BCUT2D eigenvalue weighted by molar-refractivity contribution is 0.0746. The van der Waals surface area contributed by atoms with Crippen molar-refractivity contribution >= 4 is 34.7 Å². The molecule has 0 bridgehead atoms. The van der Waals surface area contributed by atoms with Crippen molar-refractivity contribution in [1.82, 2.24) is 9.88 Å². The van der Waals surface area contributed by atoms with Crippen molar-refractivity contribution in [2.24, 2.45) is 0 Å². The zero-order chi connectivity index (χ0) is 19.3. The normalized spacial score (nSPS) is 14.0. The first-order valence-corrected chi connectivity index (χ1v) is 9.65. The second-order valence-electron chi connectivity index (χ2n) is 6.68. The Morgan fingerprint density at radius 2 is 1.71 bits per heavy atom. The third-order valence-electron chi connectivity index (χ3n) is 4.79. The molecular formula is C22H21ClN4O. The van der Waals surface area contributed by atoms with Gasteiger partial charge in [-0.15, -0.1) is 0 Å². The van der Waals surface area contributed by atoms with E-state index in [1.54, 1.807) is 18.3 Å². The maximum absolute atomic E-state index is 12.9. The van der Waals surface area contributed by atoms with Crippen LogP contribution in [0, 0.1) is 0 Å². The lowest BCUT2D eigenvalue weighted by Crippen LogP contribution is -2.48. The highest BCUT2D eigenvalue weighted by atomic mass is 35.5. The van der Waals surface area contributed by atoms with Crippen molar-refractivity contribution < 1.29 is 4.79 Å². The van der Waals surface area contributed by atoms with E-state index in [1.165, 1.54) is 0 Å². The van der Waals surface area contributed by atoms with Crippen LogP contribution in [0.25, 0.3) is 0 Å². The molecule has 0 atom stereocenters. The molecule has 1 amide bonds. The number of carbonyl (C=O) groups is 1. The molecule has 0 saturated carbocycles. The summed E-state index contributed by atoms with van der Waals surface area (Å²) in [5, 5.41) is 3.96. The molecule has 1 aliphatic rings. The fourth-order valence-corrected chi connectivity index (χ4v) is 3.51. The highest BCUT2D eigenvalue weighted by Gasteiger charge is 2.22. The number of nitrogens with one attached hydrogen (secondary N) is 1. The smallest absolute Gasteiger partial charge is 0.254 e. The first-order chi connectivity index (χ1) is 13.7. The van der Waals surface area contributed by atoms with Crippen LogP contribution in [0.1, 0.15) is 10.4 Å². The Kier molecular flexibility index (Phi) is 5.44. The van der Waals surface area contributed by atoms with Gasteiger partial charge in [-0.1, -0.05) is 35.9 Å².